The Labute approximate surface area is 172 Å². The van der Waals surface area contributed by atoms with Gasteiger partial charge in [0.2, 0.25) is 0 Å². The third-order valence-corrected chi connectivity index (χ3v) is 5.64. The van der Waals surface area contributed by atoms with Gasteiger partial charge in [0.05, 0.1) is 12.2 Å². The van der Waals surface area contributed by atoms with Crippen LogP contribution in [-0.4, -0.2) is 10.1 Å². The molecule has 0 unspecified atom stereocenters. The Bertz CT molecular complexity index is 912. The molecule has 0 radical (unpaired) electrons. The van der Waals surface area contributed by atoms with Crippen molar-refractivity contribution >= 4 is 17.0 Å². The van der Waals surface area contributed by atoms with Crippen LogP contribution < -0.4 is 5.32 Å². The van der Waals surface area contributed by atoms with Crippen molar-refractivity contribution in [2.75, 3.05) is 5.32 Å². The van der Waals surface area contributed by atoms with E-state index in [0.717, 1.165) is 33.1 Å². The van der Waals surface area contributed by atoms with E-state index < -0.39 is 0 Å². The Morgan fingerprint density at radius 2 is 1.50 bits per heavy atom. The normalized spacial score (nSPS) is 12.2. The largest absolute Gasteiger partial charge is 0.507 e. The standard InChI is InChI=1S/C24H30N2OS/c1-23(2,3)18-12-16(13-19(22(18)27)24(4,5)6)20-15-28-21(26-20)14-25-17-10-8-7-9-11-17/h7-13,15,25,27H,14H2,1-6H3. The summed E-state index contributed by atoms with van der Waals surface area (Å²) >= 11 is 1.66. The minimum absolute atomic E-state index is 0.145. The highest BCUT2D eigenvalue weighted by Gasteiger charge is 2.27. The van der Waals surface area contributed by atoms with E-state index in [1.54, 1.807) is 11.3 Å². The lowest BCUT2D eigenvalue weighted by molar-refractivity contribution is 0.423. The van der Waals surface area contributed by atoms with E-state index in [1.807, 2.05) is 18.2 Å². The van der Waals surface area contributed by atoms with Gasteiger partial charge < -0.3 is 10.4 Å². The molecule has 0 saturated carbocycles. The molecule has 28 heavy (non-hydrogen) atoms. The van der Waals surface area contributed by atoms with Crippen LogP contribution in [0, 0.1) is 0 Å². The van der Waals surface area contributed by atoms with Crippen molar-refractivity contribution in [3.05, 3.63) is 64.0 Å². The minimum atomic E-state index is -0.145. The molecule has 0 bridgehead atoms. The van der Waals surface area contributed by atoms with E-state index >= 15 is 0 Å². The smallest absolute Gasteiger partial charge is 0.123 e. The predicted molar refractivity (Wildman–Crippen MR) is 120 cm³/mol. The summed E-state index contributed by atoms with van der Waals surface area (Å²) in [6, 6.07) is 14.3. The van der Waals surface area contributed by atoms with Crippen molar-refractivity contribution in [1.29, 1.82) is 0 Å². The van der Waals surface area contributed by atoms with Gasteiger partial charge >= 0.3 is 0 Å². The zero-order valence-electron chi connectivity index (χ0n) is 17.6. The van der Waals surface area contributed by atoms with Crippen LogP contribution in [0.25, 0.3) is 11.3 Å². The van der Waals surface area contributed by atoms with Crippen molar-refractivity contribution in [3.63, 3.8) is 0 Å². The number of aromatic hydroxyl groups is 1. The van der Waals surface area contributed by atoms with Gasteiger partial charge in [-0.25, -0.2) is 4.98 Å². The lowest BCUT2D eigenvalue weighted by Crippen LogP contribution is -2.17. The van der Waals surface area contributed by atoms with Crippen molar-refractivity contribution in [3.8, 4) is 17.0 Å². The van der Waals surface area contributed by atoms with Gasteiger partial charge in [0.1, 0.15) is 10.8 Å². The summed E-state index contributed by atoms with van der Waals surface area (Å²) < 4.78 is 0. The van der Waals surface area contributed by atoms with Crippen LogP contribution in [0.15, 0.2) is 47.8 Å². The molecule has 0 atom stereocenters. The molecule has 148 valence electrons. The van der Waals surface area contributed by atoms with Gasteiger partial charge in [-0.3, -0.25) is 0 Å². The molecule has 4 heteroatoms. The number of para-hydroxylation sites is 1. The maximum absolute atomic E-state index is 10.9. The van der Waals surface area contributed by atoms with Crippen molar-refractivity contribution in [2.24, 2.45) is 0 Å². The number of hydrogen-bond donors (Lipinski definition) is 2. The summed E-state index contributed by atoms with van der Waals surface area (Å²) in [6.07, 6.45) is 0. The van der Waals surface area contributed by atoms with Crippen LogP contribution in [0.4, 0.5) is 5.69 Å². The van der Waals surface area contributed by atoms with E-state index in [2.05, 4.69) is 76.5 Å². The van der Waals surface area contributed by atoms with Crippen LogP contribution in [0.3, 0.4) is 0 Å². The van der Waals surface area contributed by atoms with Crippen LogP contribution in [0.2, 0.25) is 0 Å². The third-order valence-electron chi connectivity index (χ3n) is 4.79. The number of nitrogens with zero attached hydrogens (tertiary/aromatic N) is 1. The highest BCUT2D eigenvalue weighted by Crippen LogP contribution is 2.42. The Morgan fingerprint density at radius 1 is 0.929 bits per heavy atom. The summed E-state index contributed by atoms with van der Waals surface area (Å²) in [5.74, 6) is 0.407. The summed E-state index contributed by atoms with van der Waals surface area (Å²) in [7, 11) is 0. The SMILES string of the molecule is CC(C)(C)c1cc(-c2csc(CNc3ccccc3)n2)cc(C(C)(C)C)c1O. The number of phenols is 1. The predicted octanol–water partition coefficient (Wildman–Crippen LogP) is 6.72. The quantitative estimate of drug-likeness (QED) is 0.516. The molecule has 0 amide bonds. The van der Waals surface area contributed by atoms with Crippen molar-refractivity contribution in [1.82, 2.24) is 4.98 Å². The highest BCUT2D eigenvalue weighted by atomic mass is 32.1. The first-order valence-electron chi connectivity index (χ1n) is 9.67. The average Bonchev–Trinajstić information content (AvgIpc) is 3.08. The Kier molecular flexibility index (Phi) is 5.53. The maximum Gasteiger partial charge on any atom is 0.123 e. The fourth-order valence-electron chi connectivity index (χ4n) is 3.18. The fraction of sp³-hybridized carbons (Fsp3) is 0.375. The van der Waals surface area contributed by atoms with Crippen LogP contribution in [-0.2, 0) is 17.4 Å². The first-order valence-corrected chi connectivity index (χ1v) is 10.6. The summed E-state index contributed by atoms with van der Waals surface area (Å²) in [5, 5.41) is 17.5. The molecule has 3 nitrogen and oxygen atoms in total. The van der Waals surface area contributed by atoms with Gasteiger partial charge in [0.15, 0.2) is 0 Å². The highest BCUT2D eigenvalue weighted by molar-refractivity contribution is 7.10. The van der Waals surface area contributed by atoms with E-state index in [1.165, 1.54) is 0 Å². The second-order valence-corrected chi connectivity index (χ2v) is 10.2. The molecule has 0 aliphatic rings. The maximum atomic E-state index is 10.9. The molecule has 3 aromatic rings. The molecule has 1 aromatic heterocycles. The molecule has 0 aliphatic carbocycles. The average molecular weight is 395 g/mol. The molecule has 3 rings (SSSR count). The second-order valence-electron chi connectivity index (χ2n) is 9.27. The van der Waals surface area contributed by atoms with Gasteiger partial charge in [-0.15, -0.1) is 11.3 Å². The number of phenolic OH excluding ortho intramolecular Hbond substituents is 1. The fourth-order valence-corrected chi connectivity index (χ4v) is 3.93. The molecule has 0 fully saturated rings. The number of benzene rings is 2. The third kappa shape index (κ3) is 4.56. The van der Waals surface area contributed by atoms with E-state index in [9.17, 15) is 5.11 Å². The second kappa shape index (κ2) is 7.59. The molecule has 0 saturated heterocycles. The number of rotatable bonds is 4. The molecule has 0 spiro atoms. The lowest BCUT2D eigenvalue weighted by atomic mass is 9.78. The first kappa shape index (κ1) is 20.4. The topological polar surface area (TPSA) is 45.2 Å². The van der Waals surface area contributed by atoms with Crippen LogP contribution in [0.5, 0.6) is 5.75 Å². The van der Waals surface area contributed by atoms with E-state index in [4.69, 9.17) is 4.98 Å². The zero-order chi connectivity index (χ0) is 20.5. The number of thiazole rings is 1. The molecule has 0 aliphatic heterocycles. The zero-order valence-corrected chi connectivity index (χ0v) is 18.4. The van der Waals surface area contributed by atoms with Crippen LogP contribution in [0.1, 0.15) is 57.7 Å². The number of aromatic nitrogens is 1. The number of hydrogen-bond acceptors (Lipinski definition) is 4. The van der Waals surface area contributed by atoms with Gasteiger partial charge in [-0.1, -0.05) is 59.7 Å². The summed E-state index contributed by atoms with van der Waals surface area (Å²) in [5.41, 5.74) is 4.76. The summed E-state index contributed by atoms with van der Waals surface area (Å²) in [4.78, 5) is 4.85. The van der Waals surface area contributed by atoms with Gasteiger partial charge in [-0.2, -0.15) is 0 Å². The summed E-state index contributed by atoms with van der Waals surface area (Å²) in [6.45, 7) is 13.5. The molecule has 2 N–H and O–H groups in total. The Morgan fingerprint density at radius 3 is 2.04 bits per heavy atom. The van der Waals surface area contributed by atoms with Crippen molar-refractivity contribution < 1.29 is 5.11 Å². The van der Waals surface area contributed by atoms with Crippen LogP contribution >= 0.6 is 11.3 Å². The Hall–Kier alpha value is -2.33. The lowest BCUT2D eigenvalue weighted by Gasteiger charge is -2.28. The number of anilines is 1. The van der Waals surface area contributed by atoms with E-state index in [-0.39, 0.29) is 10.8 Å². The molecular weight excluding hydrogens is 364 g/mol. The Balaban J connectivity index is 1.94. The first-order chi connectivity index (χ1) is 13.1. The monoisotopic (exact) mass is 394 g/mol. The van der Waals surface area contributed by atoms with Crippen molar-refractivity contribution in [2.45, 2.75) is 58.9 Å². The molecular formula is C24H30N2OS. The number of nitrogens with one attached hydrogen (secondary N) is 1. The minimum Gasteiger partial charge on any atom is -0.507 e. The molecule has 2 aromatic carbocycles. The van der Waals surface area contributed by atoms with Gasteiger partial charge in [-0.05, 0) is 35.1 Å². The molecule has 1 heterocycles. The van der Waals surface area contributed by atoms with E-state index in [0.29, 0.717) is 12.3 Å². The van der Waals surface area contributed by atoms with Gasteiger partial charge in [0.25, 0.3) is 0 Å². The van der Waals surface area contributed by atoms with Gasteiger partial charge in [0, 0.05) is 27.8 Å².